The highest BCUT2D eigenvalue weighted by Gasteiger charge is 2.04. The molecule has 0 saturated heterocycles. The topological polar surface area (TPSA) is 64.3 Å². The fraction of sp³-hybridized carbons (Fsp3) is 0.364. The number of nitrogens with two attached hydrogens (primary N) is 1. The largest absolute Gasteiger partial charge is 0.484 e. The SMILES string of the molecule is NCCCNC(=O)COc1ccc(Cl)c(Cl)c1. The van der Waals surface area contributed by atoms with Crippen LogP contribution in [0.4, 0.5) is 0 Å². The zero-order valence-corrected chi connectivity index (χ0v) is 10.7. The summed E-state index contributed by atoms with van der Waals surface area (Å²) in [5.74, 6) is 0.317. The lowest BCUT2D eigenvalue weighted by molar-refractivity contribution is -0.123. The molecule has 1 amide bonds. The van der Waals surface area contributed by atoms with E-state index >= 15 is 0 Å². The number of nitrogens with one attached hydrogen (secondary N) is 1. The molecule has 0 atom stereocenters. The van der Waals surface area contributed by atoms with Crippen molar-refractivity contribution in [3.63, 3.8) is 0 Å². The average molecular weight is 277 g/mol. The zero-order valence-electron chi connectivity index (χ0n) is 9.21. The predicted octanol–water partition coefficient (Wildman–Crippen LogP) is 1.84. The van der Waals surface area contributed by atoms with Crippen LogP contribution < -0.4 is 15.8 Å². The van der Waals surface area contributed by atoms with Crippen molar-refractivity contribution in [2.45, 2.75) is 6.42 Å². The Kier molecular flexibility index (Phi) is 6.11. The minimum Gasteiger partial charge on any atom is -0.484 e. The summed E-state index contributed by atoms with van der Waals surface area (Å²) in [6.45, 7) is 1.05. The first kappa shape index (κ1) is 14.1. The Hall–Kier alpha value is -0.970. The van der Waals surface area contributed by atoms with E-state index in [0.29, 0.717) is 28.9 Å². The maximum atomic E-state index is 11.3. The Balaban J connectivity index is 2.34. The maximum Gasteiger partial charge on any atom is 0.257 e. The second-order valence-corrected chi connectivity index (χ2v) is 4.17. The molecule has 6 heteroatoms. The molecule has 0 heterocycles. The van der Waals surface area contributed by atoms with Gasteiger partial charge in [-0.1, -0.05) is 23.2 Å². The fourth-order valence-corrected chi connectivity index (χ4v) is 1.38. The first-order chi connectivity index (χ1) is 8.13. The molecule has 0 aliphatic heterocycles. The van der Waals surface area contributed by atoms with E-state index in [2.05, 4.69) is 5.32 Å². The van der Waals surface area contributed by atoms with Gasteiger partial charge in [0.25, 0.3) is 5.91 Å². The number of ether oxygens (including phenoxy) is 1. The van der Waals surface area contributed by atoms with E-state index in [0.717, 1.165) is 6.42 Å². The summed E-state index contributed by atoms with van der Waals surface area (Å²) in [6.07, 6.45) is 0.749. The predicted molar refractivity (Wildman–Crippen MR) is 68.6 cm³/mol. The Bertz CT molecular complexity index is 386. The molecule has 0 spiro atoms. The molecule has 4 nitrogen and oxygen atoms in total. The molecule has 0 saturated carbocycles. The van der Waals surface area contributed by atoms with Gasteiger partial charge in [0.2, 0.25) is 0 Å². The van der Waals surface area contributed by atoms with Crippen LogP contribution in [0.3, 0.4) is 0 Å². The van der Waals surface area contributed by atoms with E-state index in [1.165, 1.54) is 0 Å². The van der Waals surface area contributed by atoms with Gasteiger partial charge in [-0.2, -0.15) is 0 Å². The first-order valence-electron chi connectivity index (χ1n) is 5.18. The van der Waals surface area contributed by atoms with Crippen LogP contribution >= 0.6 is 23.2 Å². The number of carbonyl (C=O) groups excluding carboxylic acids is 1. The van der Waals surface area contributed by atoms with E-state index < -0.39 is 0 Å². The zero-order chi connectivity index (χ0) is 12.7. The van der Waals surface area contributed by atoms with Gasteiger partial charge in [0.05, 0.1) is 10.0 Å². The van der Waals surface area contributed by atoms with Crippen LogP contribution in [0.25, 0.3) is 0 Å². The lowest BCUT2D eigenvalue weighted by Gasteiger charge is -2.07. The normalized spacial score (nSPS) is 10.1. The van der Waals surface area contributed by atoms with Gasteiger partial charge in [0.1, 0.15) is 5.75 Å². The number of amides is 1. The third-order valence-electron chi connectivity index (χ3n) is 1.96. The van der Waals surface area contributed by atoms with Crippen molar-refractivity contribution < 1.29 is 9.53 Å². The van der Waals surface area contributed by atoms with Gasteiger partial charge in [0, 0.05) is 12.6 Å². The van der Waals surface area contributed by atoms with Crippen LogP contribution in [0, 0.1) is 0 Å². The van der Waals surface area contributed by atoms with Crippen molar-refractivity contribution in [1.82, 2.24) is 5.32 Å². The van der Waals surface area contributed by atoms with Crippen LogP contribution in [0.5, 0.6) is 5.75 Å². The molecule has 3 N–H and O–H groups in total. The standard InChI is InChI=1S/C11H14Cl2N2O2/c12-9-3-2-8(6-10(9)13)17-7-11(16)15-5-1-4-14/h2-3,6H,1,4-5,7,14H2,(H,15,16). The number of carbonyl (C=O) groups is 1. The highest BCUT2D eigenvalue weighted by Crippen LogP contribution is 2.26. The van der Waals surface area contributed by atoms with Gasteiger partial charge in [0.15, 0.2) is 6.61 Å². The number of halogens is 2. The second-order valence-electron chi connectivity index (χ2n) is 3.36. The lowest BCUT2D eigenvalue weighted by Crippen LogP contribution is -2.30. The van der Waals surface area contributed by atoms with E-state index in [9.17, 15) is 4.79 Å². The van der Waals surface area contributed by atoms with Crippen LogP contribution in [0.1, 0.15) is 6.42 Å². The van der Waals surface area contributed by atoms with Crippen LogP contribution in [0.15, 0.2) is 18.2 Å². The van der Waals surface area contributed by atoms with Crippen molar-refractivity contribution in [2.75, 3.05) is 19.7 Å². The number of hydrogen-bond donors (Lipinski definition) is 2. The Morgan fingerprint density at radius 2 is 2.12 bits per heavy atom. The quantitative estimate of drug-likeness (QED) is 0.780. The van der Waals surface area contributed by atoms with Gasteiger partial charge in [-0.25, -0.2) is 0 Å². The third-order valence-corrected chi connectivity index (χ3v) is 2.70. The first-order valence-corrected chi connectivity index (χ1v) is 5.93. The lowest BCUT2D eigenvalue weighted by atomic mass is 10.3. The van der Waals surface area contributed by atoms with Crippen molar-refractivity contribution in [1.29, 1.82) is 0 Å². The molecule has 1 aromatic rings. The summed E-state index contributed by atoms with van der Waals surface area (Å²) in [5.41, 5.74) is 5.30. The molecule has 0 aliphatic rings. The molecule has 0 unspecified atom stereocenters. The molecule has 0 fully saturated rings. The van der Waals surface area contributed by atoms with Gasteiger partial charge in [-0.3, -0.25) is 4.79 Å². The Morgan fingerprint density at radius 3 is 2.76 bits per heavy atom. The smallest absolute Gasteiger partial charge is 0.257 e. The van der Waals surface area contributed by atoms with E-state index in [-0.39, 0.29) is 12.5 Å². The molecule has 1 rings (SSSR count). The molecule has 17 heavy (non-hydrogen) atoms. The molecule has 0 radical (unpaired) electrons. The Morgan fingerprint density at radius 1 is 1.35 bits per heavy atom. The molecule has 0 aromatic heterocycles. The second kappa shape index (κ2) is 7.37. The molecular weight excluding hydrogens is 263 g/mol. The minimum atomic E-state index is -0.190. The van der Waals surface area contributed by atoms with E-state index in [1.807, 2.05) is 0 Å². The average Bonchev–Trinajstić information content (AvgIpc) is 2.31. The van der Waals surface area contributed by atoms with E-state index in [1.54, 1.807) is 18.2 Å². The molecule has 0 aliphatic carbocycles. The number of hydrogen-bond acceptors (Lipinski definition) is 3. The van der Waals surface area contributed by atoms with Crippen LogP contribution in [-0.4, -0.2) is 25.6 Å². The van der Waals surface area contributed by atoms with Crippen molar-refractivity contribution in [2.24, 2.45) is 5.73 Å². The number of benzene rings is 1. The van der Waals surface area contributed by atoms with Gasteiger partial charge >= 0.3 is 0 Å². The summed E-state index contributed by atoms with van der Waals surface area (Å²) in [4.78, 5) is 11.3. The molecule has 1 aromatic carbocycles. The highest BCUT2D eigenvalue weighted by atomic mass is 35.5. The summed E-state index contributed by atoms with van der Waals surface area (Å²) < 4.78 is 5.25. The fourth-order valence-electron chi connectivity index (χ4n) is 1.10. The van der Waals surface area contributed by atoms with Gasteiger partial charge < -0.3 is 15.8 Å². The van der Waals surface area contributed by atoms with Crippen molar-refractivity contribution in [3.8, 4) is 5.75 Å². The minimum absolute atomic E-state index is 0.0530. The monoisotopic (exact) mass is 276 g/mol. The summed E-state index contributed by atoms with van der Waals surface area (Å²) in [6, 6.07) is 4.84. The highest BCUT2D eigenvalue weighted by molar-refractivity contribution is 6.42. The summed E-state index contributed by atoms with van der Waals surface area (Å²) in [5, 5.41) is 3.52. The number of rotatable bonds is 6. The summed E-state index contributed by atoms with van der Waals surface area (Å²) in [7, 11) is 0. The molecule has 94 valence electrons. The third kappa shape index (κ3) is 5.26. The maximum absolute atomic E-state index is 11.3. The van der Waals surface area contributed by atoms with E-state index in [4.69, 9.17) is 33.7 Å². The van der Waals surface area contributed by atoms with Gasteiger partial charge in [-0.15, -0.1) is 0 Å². The Labute approximate surface area is 110 Å². The van der Waals surface area contributed by atoms with Crippen molar-refractivity contribution in [3.05, 3.63) is 28.2 Å². The molecular formula is C11H14Cl2N2O2. The van der Waals surface area contributed by atoms with Gasteiger partial charge in [-0.05, 0) is 25.1 Å². The van der Waals surface area contributed by atoms with Crippen molar-refractivity contribution >= 4 is 29.1 Å². The van der Waals surface area contributed by atoms with Crippen LogP contribution in [-0.2, 0) is 4.79 Å². The molecule has 0 bridgehead atoms. The van der Waals surface area contributed by atoms with Crippen LogP contribution in [0.2, 0.25) is 10.0 Å². The summed E-state index contributed by atoms with van der Waals surface area (Å²) >= 11 is 11.6.